The van der Waals surface area contributed by atoms with Crippen LogP contribution in [0, 0.1) is 12.8 Å². The number of aliphatic hydroxyl groups excluding tert-OH is 1. The zero-order valence-electron chi connectivity index (χ0n) is 15.6. The Hall–Kier alpha value is -3.27. The Morgan fingerprint density at radius 1 is 1.32 bits per heavy atom. The molecule has 0 unspecified atom stereocenters. The molecule has 10 nitrogen and oxygen atoms in total. The van der Waals surface area contributed by atoms with Crippen molar-refractivity contribution in [1.29, 1.82) is 0 Å². The van der Waals surface area contributed by atoms with E-state index < -0.39 is 6.10 Å². The van der Waals surface area contributed by atoms with E-state index in [0.717, 1.165) is 28.8 Å². The Kier molecular flexibility index (Phi) is 5.99. The van der Waals surface area contributed by atoms with Gasteiger partial charge in [0.05, 0.1) is 11.8 Å². The number of aryl methyl sites for hydroxylation is 2. The summed E-state index contributed by atoms with van der Waals surface area (Å²) in [6, 6.07) is 5.74. The molecule has 1 saturated heterocycles. The van der Waals surface area contributed by atoms with Crippen molar-refractivity contribution in [3.05, 3.63) is 42.0 Å². The third-order valence-electron chi connectivity index (χ3n) is 4.57. The number of hydrogen-bond acceptors (Lipinski definition) is 8. The standard InChI is InChI=1S/C17H20N6O2.CH2O2/c1-11-7-13(25-21-11)8-12-9-23(10-15(12)24)16-4-3-14(19-20-16)17-18-5-6-22(17)2;2-1-3/h3-7,12,15,24H,8-10H2,1-2H3;1H,(H,2,3)/t12-,15-;/m1./s1. The number of carbonyl (C=O) groups is 1. The van der Waals surface area contributed by atoms with Gasteiger partial charge >= 0.3 is 0 Å². The molecule has 0 radical (unpaired) electrons. The van der Waals surface area contributed by atoms with Crippen LogP contribution in [-0.2, 0) is 18.3 Å². The second kappa shape index (κ2) is 8.61. The molecule has 0 aliphatic carbocycles. The van der Waals surface area contributed by atoms with Crippen molar-refractivity contribution in [2.45, 2.75) is 19.4 Å². The number of nitrogens with zero attached hydrogens (tertiary/aromatic N) is 6. The molecule has 1 fully saturated rings. The predicted molar refractivity (Wildman–Crippen MR) is 99.6 cm³/mol. The van der Waals surface area contributed by atoms with E-state index in [0.29, 0.717) is 19.5 Å². The van der Waals surface area contributed by atoms with E-state index in [1.54, 1.807) is 6.20 Å². The zero-order valence-corrected chi connectivity index (χ0v) is 15.6. The minimum Gasteiger partial charge on any atom is -0.483 e. The van der Waals surface area contributed by atoms with E-state index in [1.807, 2.05) is 47.8 Å². The summed E-state index contributed by atoms with van der Waals surface area (Å²) in [6.45, 7) is 2.88. The van der Waals surface area contributed by atoms with E-state index >= 15 is 0 Å². The van der Waals surface area contributed by atoms with Gasteiger partial charge in [-0.3, -0.25) is 4.79 Å². The van der Waals surface area contributed by atoms with Crippen molar-refractivity contribution in [3.63, 3.8) is 0 Å². The van der Waals surface area contributed by atoms with Crippen molar-refractivity contribution in [3.8, 4) is 11.5 Å². The minimum absolute atomic E-state index is 0.0865. The normalized spacial score (nSPS) is 18.6. The van der Waals surface area contributed by atoms with Gasteiger partial charge in [0.15, 0.2) is 11.6 Å². The summed E-state index contributed by atoms with van der Waals surface area (Å²) < 4.78 is 7.17. The second-order valence-corrected chi connectivity index (χ2v) is 6.62. The van der Waals surface area contributed by atoms with Gasteiger partial charge in [0.2, 0.25) is 0 Å². The number of carboxylic acid groups (broad SMARTS) is 1. The van der Waals surface area contributed by atoms with Crippen LogP contribution in [0.2, 0.25) is 0 Å². The van der Waals surface area contributed by atoms with Gasteiger partial charge in [-0.05, 0) is 19.1 Å². The molecule has 1 aliphatic heterocycles. The Bertz CT molecular complexity index is 907. The number of rotatable bonds is 4. The zero-order chi connectivity index (χ0) is 20.1. The van der Waals surface area contributed by atoms with Gasteiger partial charge in [0, 0.05) is 50.9 Å². The highest BCUT2D eigenvalue weighted by Gasteiger charge is 2.33. The molecule has 0 aromatic carbocycles. The Balaban J connectivity index is 0.000000706. The van der Waals surface area contributed by atoms with Crippen LogP contribution in [0.3, 0.4) is 0 Å². The summed E-state index contributed by atoms with van der Waals surface area (Å²) in [4.78, 5) is 14.7. The Labute approximate surface area is 161 Å². The van der Waals surface area contributed by atoms with Gasteiger partial charge in [-0.15, -0.1) is 10.2 Å². The number of β-amino-alcohol motifs (C(OH)–C–C–N with tert-alkyl or cyclic N) is 1. The van der Waals surface area contributed by atoms with Gasteiger partial charge in [0.1, 0.15) is 11.5 Å². The number of imidazole rings is 1. The molecule has 2 N–H and O–H groups in total. The lowest BCUT2D eigenvalue weighted by atomic mass is 10.0. The molecule has 148 valence electrons. The molecule has 4 heterocycles. The van der Waals surface area contributed by atoms with Crippen LogP contribution in [0.25, 0.3) is 11.5 Å². The van der Waals surface area contributed by atoms with Crippen molar-refractivity contribution < 1.29 is 19.5 Å². The third kappa shape index (κ3) is 4.34. The maximum absolute atomic E-state index is 10.4. The third-order valence-corrected chi connectivity index (χ3v) is 4.57. The molecular formula is C18H22N6O4. The van der Waals surface area contributed by atoms with E-state index in [-0.39, 0.29) is 12.4 Å². The van der Waals surface area contributed by atoms with Crippen LogP contribution >= 0.6 is 0 Å². The molecule has 1 aliphatic rings. The van der Waals surface area contributed by atoms with E-state index in [2.05, 4.69) is 20.3 Å². The molecule has 3 aromatic heterocycles. The quantitative estimate of drug-likeness (QED) is 0.628. The van der Waals surface area contributed by atoms with E-state index in [1.165, 1.54) is 0 Å². The SMILES string of the molecule is Cc1cc(C[C@@H]2CN(c3ccc(-c4nccn4C)nn3)C[C@H]2O)on1.O=CO. The van der Waals surface area contributed by atoms with Crippen LogP contribution in [-0.4, -0.2) is 60.8 Å². The van der Waals surface area contributed by atoms with Crippen LogP contribution in [0.1, 0.15) is 11.5 Å². The number of aliphatic hydroxyl groups is 1. The summed E-state index contributed by atoms with van der Waals surface area (Å²) >= 11 is 0. The number of aromatic nitrogens is 5. The first-order valence-corrected chi connectivity index (χ1v) is 8.76. The summed E-state index contributed by atoms with van der Waals surface area (Å²) in [5.74, 6) is 2.43. The summed E-state index contributed by atoms with van der Waals surface area (Å²) in [5.41, 5.74) is 1.58. The molecule has 2 atom stereocenters. The largest absolute Gasteiger partial charge is 0.483 e. The van der Waals surface area contributed by atoms with Gasteiger partial charge in [-0.1, -0.05) is 5.16 Å². The maximum atomic E-state index is 10.4. The first kappa shape index (κ1) is 19.5. The first-order valence-electron chi connectivity index (χ1n) is 8.76. The van der Waals surface area contributed by atoms with Gasteiger partial charge in [-0.25, -0.2) is 4.98 Å². The summed E-state index contributed by atoms with van der Waals surface area (Å²) in [7, 11) is 1.92. The average molecular weight is 386 g/mol. The summed E-state index contributed by atoms with van der Waals surface area (Å²) in [5, 5.41) is 29.7. The van der Waals surface area contributed by atoms with Crippen LogP contribution in [0.15, 0.2) is 35.1 Å². The van der Waals surface area contributed by atoms with Crippen molar-refractivity contribution in [2.75, 3.05) is 18.0 Å². The van der Waals surface area contributed by atoms with Crippen molar-refractivity contribution in [2.24, 2.45) is 13.0 Å². The molecular weight excluding hydrogens is 364 g/mol. The molecule has 0 saturated carbocycles. The molecule has 0 amide bonds. The van der Waals surface area contributed by atoms with Crippen LogP contribution in [0.4, 0.5) is 5.82 Å². The molecule has 4 rings (SSSR count). The fourth-order valence-corrected chi connectivity index (χ4v) is 3.24. The minimum atomic E-state index is -0.429. The smallest absolute Gasteiger partial charge is 0.290 e. The summed E-state index contributed by atoms with van der Waals surface area (Å²) in [6.07, 6.45) is 3.84. The van der Waals surface area contributed by atoms with Crippen LogP contribution < -0.4 is 4.90 Å². The lowest BCUT2D eigenvalue weighted by Gasteiger charge is -2.16. The van der Waals surface area contributed by atoms with E-state index in [4.69, 9.17) is 14.4 Å². The molecule has 0 spiro atoms. The second-order valence-electron chi connectivity index (χ2n) is 6.62. The Morgan fingerprint density at radius 2 is 2.11 bits per heavy atom. The average Bonchev–Trinajstić information content (AvgIpc) is 3.38. The highest BCUT2D eigenvalue weighted by Crippen LogP contribution is 2.26. The van der Waals surface area contributed by atoms with Crippen LogP contribution in [0.5, 0.6) is 0 Å². The Morgan fingerprint density at radius 3 is 2.68 bits per heavy atom. The van der Waals surface area contributed by atoms with Gasteiger partial charge < -0.3 is 24.2 Å². The van der Waals surface area contributed by atoms with E-state index in [9.17, 15) is 5.11 Å². The van der Waals surface area contributed by atoms with Gasteiger partial charge in [-0.2, -0.15) is 0 Å². The topological polar surface area (TPSA) is 130 Å². The molecule has 10 heteroatoms. The van der Waals surface area contributed by atoms with Crippen molar-refractivity contribution >= 4 is 12.3 Å². The lowest BCUT2D eigenvalue weighted by molar-refractivity contribution is -0.122. The number of anilines is 1. The first-order chi connectivity index (χ1) is 13.5. The predicted octanol–water partition coefficient (Wildman–Crippen LogP) is 0.914. The fraction of sp³-hybridized carbons (Fsp3) is 0.389. The van der Waals surface area contributed by atoms with Crippen molar-refractivity contribution in [1.82, 2.24) is 24.9 Å². The van der Waals surface area contributed by atoms with Gasteiger partial charge in [0.25, 0.3) is 6.47 Å². The highest BCUT2D eigenvalue weighted by molar-refractivity contribution is 5.52. The monoisotopic (exact) mass is 386 g/mol. The lowest BCUT2D eigenvalue weighted by Crippen LogP contribution is -2.22. The maximum Gasteiger partial charge on any atom is 0.290 e. The molecule has 3 aromatic rings. The molecule has 0 bridgehead atoms. The molecule has 28 heavy (non-hydrogen) atoms. The number of hydrogen-bond donors (Lipinski definition) is 2. The fourth-order valence-electron chi connectivity index (χ4n) is 3.24. The highest BCUT2D eigenvalue weighted by atomic mass is 16.5.